The van der Waals surface area contributed by atoms with Crippen molar-refractivity contribution in [3.63, 3.8) is 0 Å². The SMILES string of the molecule is CN1CCN(c2ccc(C(=O)O)c(-c3ccccc3Cl)c2)CC1.CNCc1cc(C(F)(F)F)cc(C(F)(F)F)c1. The minimum absolute atomic E-state index is 0.0605. The van der Waals surface area contributed by atoms with E-state index in [0.717, 1.165) is 37.4 Å². The Bertz CT molecular complexity index is 1290. The highest BCUT2D eigenvalue weighted by Gasteiger charge is 2.36. The van der Waals surface area contributed by atoms with E-state index in [-0.39, 0.29) is 23.7 Å². The predicted octanol–water partition coefficient (Wildman–Crippen LogP) is 6.90. The lowest BCUT2D eigenvalue weighted by Crippen LogP contribution is -2.44. The summed E-state index contributed by atoms with van der Waals surface area (Å²) in [5, 5.41) is 12.6. The summed E-state index contributed by atoms with van der Waals surface area (Å²) in [5.41, 5.74) is 0.0841. The van der Waals surface area contributed by atoms with E-state index in [1.165, 1.54) is 7.05 Å². The molecule has 40 heavy (non-hydrogen) atoms. The van der Waals surface area contributed by atoms with E-state index in [1.54, 1.807) is 12.1 Å². The Morgan fingerprint density at radius 3 is 1.95 bits per heavy atom. The number of halogens is 7. The smallest absolute Gasteiger partial charge is 0.416 e. The fourth-order valence-electron chi connectivity index (χ4n) is 4.21. The molecule has 0 radical (unpaired) electrons. The van der Waals surface area contributed by atoms with E-state index in [0.29, 0.717) is 22.7 Å². The third-order valence-electron chi connectivity index (χ3n) is 6.29. The van der Waals surface area contributed by atoms with Crippen molar-refractivity contribution >= 4 is 23.3 Å². The molecule has 216 valence electrons. The largest absolute Gasteiger partial charge is 0.478 e. The van der Waals surface area contributed by atoms with Crippen LogP contribution in [0.4, 0.5) is 32.0 Å². The zero-order chi connectivity index (χ0) is 29.7. The van der Waals surface area contributed by atoms with Gasteiger partial charge in [0, 0.05) is 49.0 Å². The van der Waals surface area contributed by atoms with Gasteiger partial charge < -0.3 is 20.2 Å². The summed E-state index contributed by atoms with van der Waals surface area (Å²) < 4.78 is 74.3. The second-order valence-electron chi connectivity index (χ2n) is 9.25. The number of rotatable bonds is 5. The van der Waals surface area contributed by atoms with Crippen LogP contribution in [-0.2, 0) is 18.9 Å². The van der Waals surface area contributed by atoms with Gasteiger partial charge in [-0.2, -0.15) is 26.3 Å². The second-order valence-corrected chi connectivity index (χ2v) is 9.66. The van der Waals surface area contributed by atoms with Gasteiger partial charge in [0.1, 0.15) is 0 Å². The number of anilines is 1. The Morgan fingerprint density at radius 1 is 0.875 bits per heavy atom. The highest BCUT2D eigenvalue weighted by molar-refractivity contribution is 6.33. The normalized spacial score (nSPS) is 14.5. The molecule has 1 heterocycles. The summed E-state index contributed by atoms with van der Waals surface area (Å²) in [6.45, 7) is 3.81. The first-order valence-corrected chi connectivity index (χ1v) is 12.6. The molecule has 1 aliphatic heterocycles. The van der Waals surface area contributed by atoms with Crippen LogP contribution in [0.15, 0.2) is 60.7 Å². The molecule has 2 N–H and O–H groups in total. The number of carboxylic acids is 1. The molecule has 1 fully saturated rings. The van der Waals surface area contributed by atoms with Crippen LogP contribution in [0, 0.1) is 0 Å². The predicted molar refractivity (Wildman–Crippen MR) is 143 cm³/mol. The number of carboxylic acid groups (broad SMARTS) is 1. The van der Waals surface area contributed by atoms with Crippen LogP contribution in [0.5, 0.6) is 0 Å². The van der Waals surface area contributed by atoms with Gasteiger partial charge in [0.15, 0.2) is 0 Å². The summed E-state index contributed by atoms with van der Waals surface area (Å²) in [5.74, 6) is -0.940. The molecule has 3 aromatic carbocycles. The zero-order valence-corrected chi connectivity index (χ0v) is 22.5. The first-order valence-electron chi connectivity index (χ1n) is 12.2. The number of nitrogens with zero attached hydrogens (tertiary/aromatic N) is 2. The molecule has 3 aromatic rings. The monoisotopic (exact) mass is 587 g/mol. The minimum atomic E-state index is -4.79. The number of piperazine rings is 1. The van der Waals surface area contributed by atoms with Gasteiger partial charge in [0.05, 0.1) is 16.7 Å². The van der Waals surface area contributed by atoms with Crippen LogP contribution in [0.1, 0.15) is 27.0 Å². The molecular weight excluding hydrogens is 560 g/mol. The van der Waals surface area contributed by atoms with Crippen LogP contribution >= 0.6 is 11.6 Å². The average Bonchev–Trinajstić information content (AvgIpc) is 2.88. The number of benzene rings is 3. The Balaban J connectivity index is 0.000000232. The van der Waals surface area contributed by atoms with E-state index < -0.39 is 29.4 Å². The maximum Gasteiger partial charge on any atom is 0.416 e. The van der Waals surface area contributed by atoms with E-state index in [9.17, 15) is 36.2 Å². The molecule has 0 atom stereocenters. The van der Waals surface area contributed by atoms with E-state index >= 15 is 0 Å². The number of hydrogen-bond acceptors (Lipinski definition) is 4. The number of carbonyl (C=O) groups is 1. The van der Waals surface area contributed by atoms with Gasteiger partial charge in [-0.3, -0.25) is 0 Å². The number of likely N-dealkylation sites (N-methyl/N-ethyl adjacent to an activating group) is 1. The summed E-state index contributed by atoms with van der Waals surface area (Å²) in [6, 6.07) is 14.4. The van der Waals surface area contributed by atoms with Crippen LogP contribution in [0.3, 0.4) is 0 Å². The molecule has 1 aliphatic rings. The van der Waals surface area contributed by atoms with Crippen molar-refractivity contribution in [2.75, 3.05) is 45.2 Å². The fraction of sp³-hybridized carbons (Fsp3) is 0.321. The molecule has 1 saturated heterocycles. The number of aromatic carboxylic acids is 1. The number of nitrogens with one attached hydrogen (secondary N) is 1. The molecule has 5 nitrogen and oxygen atoms in total. The molecule has 0 unspecified atom stereocenters. The first-order chi connectivity index (χ1) is 18.7. The Kier molecular flexibility index (Phi) is 10.1. The Morgan fingerprint density at radius 2 is 1.45 bits per heavy atom. The lowest BCUT2D eigenvalue weighted by atomic mass is 9.98. The maximum absolute atomic E-state index is 12.4. The van der Waals surface area contributed by atoms with Gasteiger partial charge >= 0.3 is 18.3 Å². The maximum atomic E-state index is 12.4. The van der Waals surface area contributed by atoms with Crippen molar-refractivity contribution in [3.8, 4) is 11.1 Å². The summed E-state index contributed by atoms with van der Waals surface area (Å²) in [4.78, 5) is 16.1. The van der Waals surface area contributed by atoms with Crippen molar-refractivity contribution in [1.29, 1.82) is 0 Å². The molecule has 12 heteroatoms. The van der Waals surface area contributed by atoms with E-state index in [2.05, 4.69) is 22.2 Å². The lowest BCUT2D eigenvalue weighted by molar-refractivity contribution is -0.143. The van der Waals surface area contributed by atoms with Gasteiger partial charge in [-0.1, -0.05) is 29.8 Å². The Labute approximate surface area is 233 Å². The van der Waals surface area contributed by atoms with Gasteiger partial charge in [-0.15, -0.1) is 0 Å². The van der Waals surface area contributed by atoms with Gasteiger partial charge in [-0.05, 0) is 67.7 Å². The van der Waals surface area contributed by atoms with Crippen LogP contribution in [0.25, 0.3) is 11.1 Å². The highest BCUT2D eigenvalue weighted by atomic mass is 35.5. The quantitative estimate of drug-likeness (QED) is 0.318. The van der Waals surface area contributed by atoms with Gasteiger partial charge in [-0.25, -0.2) is 4.79 Å². The standard InChI is InChI=1S/C18H19ClN2O2.C10H9F6N/c1-20-8-10-21(11-9-20)13-6-7-15(18(22)23)16(12-13)14-4-2-3-5-17(14)19;1-17-5-6-2-7(9(11,12)13)4-8(3-6)10(14,15)16/h2-7,12H,8-11H2,1H3,(H,22,23);2-4,17H,5H2,1H3. The van der Waals surface area contributed by atoms with E-state index in [4.69, 9.17) is 11.6 Å². The van der Waals surface area contributed by atoms with Crippen molar-refractivity contribution in [3.05, 3.63) is 87.9 Å². The molecule has 0 aromatic heterocycles. The van der Waals surface area contributed by atoms with Crippen LogP contribution in [-0.4, -0.2) is 56.3 Å². The van der Waals surface area contributed by atoms with Gasteiger partial charge in [0.2, 0.25) is 0 Å². The van der Waals surface area contributed by atoms with E-state index in [1.807, 2.05) is 30.3 Å². The van der Waals surface area contributed by atoms with Crippen molar-refractivity contribution < 1.29 is 36.2 Å². The minimum Gasteiger partial charge on any atom is -0.478 e. The van der Waals surface area contributed by atoms with Crippen molar-refractivity contribution in [2.24, 2.45) is 0 Å². The number of hydrogen-bond donors (Lipinski definition) is 2. The highest BCUT2D eigenvalue weighted by Crippen LogP contribution is 2.36. The average molecular weight is 588 g/mol. The Hall–Kier alpha value is -3.28. The summed E-state index contributed by atoms with van der Waals surface area (Å²) in [7, 11) is 3.55. The zero-order valence-electron chi connectivity index (χ0n) is 21.7. The molecular formula is C28H28ClF6N3O2. The molecule has 0 aliphatic carbocycles. The third kappa shape index (κ3) is 8.12. The fourth-order valence-corrected chi connectivity index (χ4v) is 4.45. The molecule has 0 bridgehead atoms. The first kappa shape index (κ1) is 31.3. The lowest BCUT2D eigenvalue weighted by Gasteiger charge is -2.34. The molecule has 0 spiro atoms. The second kappa shape index (κ2) is 12.9. The molecule has 0 amide bonds. The molecule has 4 rings (SSSR count). The van der Waals surface area contributed by atoms with Gasteiger partial charge in [0.25, 0.3) is 0 Å². The van der Waals surface area contributed by atoms with Crippen LogP contribution < -0.4 is 10.2 Å². The molecule has 0 saturated carbocycles. The van der Waals surface area contributed by atoms with Crippen molar-refractivity contribution in [1.82, 2.24) is 10.2 Å². The topological polar surface area (TPSA) is 55.8 Å². The van der Waals surface area contributed by atoms with Crippen LogP contribution in [0.2, 0.25) is 5.02 Å². The summed E-state index contributed by atoms with van der Waals surface area (Å²) in [6.07, 6.45) is -9.58. The number of alkyl halides is 6. The summed E-state index contributed by atoms with van der Waals surface area (Å²) >= 11 is 6.28. The third-order valence-corrected chi connectivity index (χ3v) is 6.62. The van der Waals surface area contributed by atoms with Crippen molar-refractivity contribution in [2.45, 2.75) is 18.9 Å².